The van der Waals surface area contributed by atoms with Gasteiger partial charge < -0.3 is 23.7 Å². The van der Waals surface area contributed by atoms with Crippen LogP contribution in [0.1, 0.15) is 21.5 Å². The number of phenols is 1. The van der Waals surface area contributed by atoms with Crippen molar-refractivity contribution in [2.75, 3.05) is 14.2 Å². The van der Waals surface area contributed by atoms with Crippen molar-refractivity contribution >= 4 is 33.1 Å². The van der Waals surface area contributed by atoms with E-state index < -0.39 is 0 Å². The molecule has 10 heteroatoms. The first-order valence-corrected chi connectivity index (χ1v) is 12.9. The fourth-order valence-corrected chi connectivity index (χ4v) is 4.99. The highest BCUT2D eigenvalue weighted by molar-refractivity contribution is 7.18. The van der Waals surface area contributed by atoms with Crippen molar-refractivity contribution in [2.45, 2.75) is 13.0 Å². The first kappa shape index (κ1) is 24.5. The van der Waals surface area contributed by atoms with E-state index in [-0.39, 0.29) is 24.6 Å². The maximum Gasteiger partial charge on any atom is 0.294 e. The first-order valence-electron chi connectivity index (χ1n) is 12.0. The summed E-state index contributed by atoms with van der Waals surface area (Å²) in [5, 5.41) is 15.3. The molecule has 0 spiro atoms. The van der Waals surface area contributed by atoms with E-state index in [1.807, 2.05) is 36.4 Å². The van der Waals surface area contributed by atoms with Crippen LogP contribution in [-0.4, -0.2) is 39.7 Å². The summed E-state index contributed by atoms with van der Waals surface area (Å²) < 4.78 is 24.6. The molecule has 9 nitrogen and oxygen atoms in total. The van der Waals surface area contributed by atoms with E-state index in [2.05, 4.69) is 10.1 Å². The van der Waals surface area contributed by atoms with Gasteiger partial charge in [0, 0.05) is 24.1 Å². The van der Waals surface area contributed by atoms with E-state index in [0.29, 0.717) is 44.3 Å². The number of fused-ring (bicyclic) bond motifs is 2. The van der Waals surface area contributed by atoms with Crippen molar-refractivity contribution in [3.05, 3.63) is 89.6 Å². The van der Waals surface area contributed by atoms with Crippen LogP contribution in [0, 0.1) is 0 Å². The molecule has 3 aromatic carbocycles. The number of furan rings is 1. The van der Waals surface area contributed by atoms with Crippen LogP contribution < -0.4 is 14.2 Å². The molecule has 0 unspecified atom stereocenters. The summed E-state index contributed by atoms with van der Waals surface area (Å²) in [7, 11) is 3.16. The van der Waals surface area contributed by atoms with Gasteiger partial charge in [-0.2, -0.15) is 0 Å². The number of carbonyl (C=O) groups excluding carboxylic acids is 1. The van der Waals surface area contributed by atoms with Gasteiger partial charge in [0.1, 0.15) is 35.1 Å². The van der Waals surface area contributed by atoms with Gasteiger partial charge in [-0.15, -0.1) is 5.10 Å². The van der Waals surface area contributed by atoms with Gasteiger partial charge in [0.25, 0.3) is 5.19 Å². The molecule has 0 atom stereocenters. The number of imidazole rings is 1. The maximum atomic E-state index is 12.7. The minimum atomic E-state index is -0.0720. The molecule has 3 heterocycles. The zero-order chi connectivity index (χ0) is 26.9. The Morgan fingerprint density at radius 2 is 1.87 bits per heavy atom. The molecule has 0 bridgehead atoms. The molecule has 0 aliphatic heterocycles. The van der Waals surface area contributed by atoms with Crippen molar-refractivity contribution < 1.29 is 28.5 Å². The fourth-order valence-electron chi connectivity index (χ4n) is 4.29. The predicted molar refractivity (Wildman–Crippen MR) is 146 cm³/mol. The molecule has 0 aliphatic carbocycles. The van der Waals surface area contributed by atoms with Crippen LogP contribution in [0.5, 0.6) is 22.4 Å². The average molecular weight is 542 g/mol. The monoisotopic (exact) mass is 541 g/mol. The molecule has 0 saturated heterocycles. The molecule has 3 aromatic heterocycles. The number of rotatable bonds is 9. The average Bonchev–Trinajstić information content (AvgIpc) is 3.65. The van der Waals surface area contributed by atoms with Crippen molar-refractivity contribution in [3.63, 3.8) is 0 Å². The maximum absolute atomic E-state index is 12.7. The number of aromatic hydroxyl groups is 1. The number of nitrogens with zero attached hydrogens (tertiary/aromatic N) is 3. The molecule has 0 amide bonds. The highest BCUT2D eigenvalue weighted by Crippen LogP contribution is 2.37. The molecule has 0 aliphatic rings. The first-order chi connectivity index (χ1) is 19.0. The number of carbonyl (C=O) groups is 1. The Labute approximate surface area is 226 Å². The summed E-state index contributed by atoms with van der Waals surface area (Å²) in [5.41, 5.74) is 3.48. The largest absolute Gasteiger partial charge is 0.508 e. The Hall–Kier alpha value is -4.83. The second kappa shape index (κ2) is 10.1. The number of hydrogen-bond donors (Lipinski definition) is 1. The molecular weight excluding hydrogens is 518 g/mol. The number of phenolic OH excluding ortho intramolecular Hbond substituents is 1. The molecule has 0 saturated carbocycles. The van der Waals surface area contributed by atoms with Crippen LogP contribution >= 0.6 is 11.3 Å². The lowest BCUT2D eigenvalue weighted by molar-refractivity contribution is 0.0992. The van der Waals surface area contributed by atoms with Crippen LogP contribution in [0.3, 0.4) is 0 Å². The number of benzene rings is 3. The summed E-state index contributed by atoms with van der Waals surface area (Å²) in [6.45, 7) is 0.279. The van der Waals surface area contributed by atoms with Gasteiger partial charge in [0.15, 0.2) is 11.5 Å². The Bertz CT molecular complexity index is 1790. The van der Waals surface area contributed by atoms with E-state index in [0.717, 1.165) is 16.5 Å². The number of ether oxygens (including phenoxy) is 3. The third-order valence-corrected chi connectivity index (χ3v) is 7.06. The van der Waals surface area contributed by atoms with Gasteiger partial charge in [-0.25, -0.2) is 9.50 Å². The minimum absolute atomic E-state index is 0.0691. The summed E-state index contributed by atoms with van der Waals surface area (Å²) >= 11 is 1.34. The van der Waals surface area contributed by atoms with Gasteiger partial charge in [-0.1, -0.05) is 36.4 Å². The lowest BCUT2D eigenvalue weighted by Crippen LogP contribution is -2.04. The molecule has 0 fully saturated rings. The minimum Gasteiger partial charge on any atom is -0.508 e. The fraction of sp³-hybridized carbons (Fsp3) is 0.138. The van der Waals surface area contributed by atoms with Gasteiger partial charge in [-0.3, -0.25) is 4.79 Å². The summed E-state index contributed by atoms with van der Waals surface area (Å²) in [6, 6.07) is 19.6. The molecular formula is C29H23N3O6S. The molecule has 0 radical (unpaired) electrons. The SMILES string of the molecule is COc1cc(OCc2cccc(CC(=O)c3cccc(O)c3)c2)c2cc(-c3cn4nc(OC)sc4n3)oc2c1. The van der Waals surface area contributed by atoms with E-state index in [4.69, 9.17) is 18.6 Å². The number of hydrogen-bond acceptors (Lipinski definition) is 9. The quantitative estimate of drug-likeness (QED) is 0.224. The van der Waals surface area contributed by atoms with Gasteiger partial charge >= 0.3 is 0 Å². The van der Waals surface area contributed by atoms with E-state index in [1.165, 1.54) is 17.4 Å². The van der Waals surface area contributed by atoms with Crippen molar-refractivity contribution in [2.24, 2.45) is 0 Å². The van der Waals surface area contributed by atoms with Crippen molar-refractivity contribution in [3.8, 4) is 33.9 Å². The molecule has 6 aromatic rings. The van der Waals surface area contributed by atoms with Crippen LogP contribution in [0.2, 0.25) is 0 Å². The Morgan fingerprint density at radius 1 is 1.03 bits per heavy atom. The highest BCUT2D eigenvalue weighted by Gasteiger charge is 2.17. The van der Waals surface area contributed by atoms with Crippen LogP contribution in [0.25, 0.3) is 27.4 Å². The third kappa shape index (κ3) is 5.01. The standard InChI is InChI=1S/C29H23N3O6S/c1-35-21-12-25(22-14-27(38-26(22)13-21)23-15-32-28(30-23)39-29(31-32)36-2)37-16-18-6-3-5-17(9-18)10-24(34)19-7-4-8-20(33)11-19/h3-9,11-15,33H,10,16H2,1-2H3. The van der Waals surface area contributed by atoms with E-state index in [1.54, 1.807) is 49.2 Å². The zero-order valence-electron chi connectivity index (χ0n) is 21.1. The Balaban J connectivity index is 1.23. The van der Waals surface area contributed by atoms with E-state index in [9.17, 15) is 9.90 Å². The summed E-state index contributed by atoms with van der Waals surface area (Å²) in [5.74, 6) is 1.77. The topological polar surface area (TPSA) is 108 Å². The van der Waals surface area contributed by atoms with Crippen LogP contribution in [-0.2, 0) is 13.0 Å². The zero-order valence-corrected chi connectivity index (χ0v) is 21.9. The Kier molecular flexibility index (Phi) is 6.37. The number of methoxy groups -OCH3 is 2. The smallest absolute Gasteiger partial charge is 0.294 e. The van der Waals surface area contributed by atoms with Crippen molar-refractivity contribution in [1.29, 1.82) is 0 Å². The second-order valence-electron chi connectivity index (χ2n) is 8.83. The lowest BCUT2D eigenvalue weighted by Gasteiger charge is -2.10. The molecule has 196 valence electrons. The molecule has 39 heavy (non-hydrogen) atoms. The number of Topliss-reactive ketones (excluding diaryl/α,β-unsaturated/α-hetero) is 1. The highest BCUT2D eigenvalue weighted by atomic mass is 32.1. The lowest BCUT2D eigenvalue weighted by atomic mass is 10.0. The third-order valence-electron chi connectivity index (χ3n) is 6.18. The summed E-state index contributed by atoms with van der Waals surface area (Å²) in [4.78, 5) is 18.0. The molecule has 1 N–H and O–H groups in total. The summed E-state index contributed by atoms with van der Waals surface area (Å²) in [6.07, 6.45) is 2.00. The van der Waals surface area contributed by atoms with Gasteiger partial charge in [-0.05, 0) is 40.7 Å². The number of aromatic nitrogens is 3. The number of ketones is 1. The second-order valence-corrected chi connectivity index (χ2v) is 9.75. The molecule has 6 rings (SSSR count). The normalized spacial score (nSPS) is 11.2. The van der Waals surface area contributed by atoms with E-state index >= 15 is 0 Å². The Morgan fingerprint density at radius 3 is 2.67 bits per heavy atom. The van der Waals surface area contributed by atoms with Crippen LogP contribution in [0.15, 0.2) is 77.3 Å². The van der Waals surface area contributed by atoms with Gasteiger partial charge in [0.05, 0.1) is 25.8 Å². The predicted octanol–water partition coefficient (Wildman–Crippen LogP) is 5.93. The van der Waals surface area contributed by atoms with Gasteiger partial charge in [0.2, 0.25) is 4.96 Å². The van der Waals surface area contributed by atoms with Crippen LogP contribution in [0.4, 0.5) is 0 Å². The van der Waals surface area contributed by atoms with Crippen molar-refractivity contribution in [1.82, 2.24) is 14.6 Å².